The Morgan fingerprint density at radius 2 is 2.38 bits per heavy atom. The zero-order valence-electron chi connectivity index (χ0n) is 11.5. The number of hydrogen-bond acceptors (Lipinski definition) is 5. The standard InChI is InChI=1S/C13H16BrN3O4/c1-8-3-2-4-13(6-8,12(18)19)16-11-10(17(20)21)5-9(14)7-15-11/h5,7-8H,2-4,6H2,1H3,(H,15,16)(H,18,19). The number of pyridine rings is 1. The van der Waals surface area contributed by atoms with Gasteiger partial charge in [-0.3, -0.25) is 10.1 Å². The van der Waals surface area contributed by atoms with Crippen LogP contribution in [0.3, 0.4) is 0 Å². The first-order chi connectivity index (χ1) is 9.84. The minimum Gasteiger partial charge on any atom is -0.480 e. The van der Waals surface area contributed by atoms with Crippen molar-refractivity contribution < 1.29 is 14.8 Å². The van der Waals surface area contributed by atoms with Crippen LogP contribution in [0.15, 0.2) is 16.7 Å². The van der Waals surface area contributed by atoms with Crippen LogP contribution in [-0.2, 0) is 4.79 Å². The van der Waals surface area contributed by atoms with Crippen LogP contribution in [0.2, 0.25) is 0 Å². The van der Waals surface area contributed by atoms with Crippen molar-refractivity contribution in [1.29, 1.82) is 0 Å². The summed E-state index contributed by atoms with van der Waals surface area (Å²) in [6.45, 7) is 1.99. The number of aromatic nitrogens is 1. The monoisotopic (exact) mass is 357 g/mol. The molecule has 1 fully saturated rings. The van der Waals surface area contributed by atoms with E-state index in [0.717, 1.165) is 12.8 Å². The van der Waals surface area contributed by atoms with Crippen molar-refractivity contribution in [3.05, 3.63) is 26.9 Å². The molecule has 21 heavy (non-hydrogen) atoms. The summed E-state index contributed by atoms with van der Waals surface area (Å²) in [5, 5.41) is 23.5. The van der Waals surface area contributed by atoms with Crippen molar-refractivity contribution in [2.75, 3.05) is 5.32 Å². The Morgan fingerprint density at radius 3 is 2.95 bits per heavy atom. The molecule has 1 aromatic rings. The highest BCUT2D eigenvalue weighted by Crippen LogP contribution is 2.37. The van der Waals surface area contributed by atoms with Gasteiger partial charge in [0.1, 0.15) is 5.54 Å². The first kappa shape index (κ1) is 15.7. The number of carboxylic acid groups (broad SMARTS) is 1. The molecule has 7 nitrogen and oxygen atoms in total. The van der Waals surface area contributed by atoms with E-state index in [9.17, 15) is 20.0 Å². The fraction of sp³-hybridized carbons (Fsp3) is 0.538. The Hall–Kier alpha value is -1.70. The Labute approximate surface area is 130 Å². The topological polar surface area (TPSA) is 105 Å². The summed E-state index contributed by atoms with van der Waals surface area (Å²) < 4.78 is 0.473. The predicted molar refractivity (Wildman–Crippen MR) is 80.2 cm³/mol. The van der Waals surface area contributed by atoms with Gasteiger partial charge in [0.25, 0.3) is 0 Å². The normalized spacial score (nSPS) is 25.3. The van der Waals surface area contributed by atoms with Crippen LogP contribution in [0.25, 0.3) is 0 Å². The molecule has 1 saturated carbocycles. The number of anilines is 1. The van der Waals surface area contributed by atoms with Gasteiger partial charge in [0, 0.05) is 16.7 Å². The Bertz CT molecular complexity index is 581. The molecule has 114 valence electrons. The summed E-state index contributed by atoms with van der Waals surface area (Å²) in [6.07, 6.45) is 4.01. The predicted octanol–water partition coefficient (Wildman–Crippen LogP) is 3.20. The maximum atomic E-state index is 11.7. The van der Waals surface area contributed by atoms with E-state index in [4.69, 9.17) is 0 Å². The number of nitro groups is 1. The van der Waals surface area contributed by atoms with E-state index < -0.39 is 16.4 Å². The van der Waals surface area contributed by atoms with Crippen molar-refractivity contribution in [3.8, 4) is 0 Å². The van der Waals surface area contributed by atoms with Crippen LogP contribution in [0.5, 0.6) is 0 Å². The number of carbonyl (C=O) groups is 1. The third-order valence-electron chi connectivity index (χ3n) is 3.80. The van der Waals surface area contributed by atoms with Gasteiger partial charge in [-0.25, -0.2) is 9.78 Å². The molecule has 0 aromatic carbocycles. The fourth-order valence-corrected chi connectivity index (χ4v) is 3.12. The number of aliphatic carboxylic acids is 1. The number of nitrogens with zero attached hydrogens (tertiary/aromatic N) is 2. The molecule has 2 atom stereocenters. The lowest BCUT2D eigenvalue weighted by atomic mass is 9.76. The van der Waals surface area contributed by atoms with Crippen LogP contribution < -0.4 is 5.32 Å². The van der Waals surface area contributed by atoms with Crippen LogP contribution in [0.1, 0.15) is 32.6 Å². The Balaban J connectivity index is 2.38. The third-order valence-corrected chi connectivity index (χ3v) is 4.23. The summed E-state index contributed by atoms with van der Waals surface area (Å²) in [4.78, 5) is 26.2. The molecule has 0 radical (unpaired) electrons. The van der Waals surface area contributed by atoms with Crippen LogP contribution >= 0.6 is 15.9 Å². The molecule has 0 spiro atoms. The van der Waals surface area contributed by atoms with Crippen molar-refractivity contribution in [2.45, 2.75) is 38.1 Å². The molecule has 0 saturated heterocycles. The van der Waals surface area contributed by atoms with E-state index in [2.05, 4.69) is 26.2 Å². The fourth-order valence-electron chi connectivity index (χ4n) is 2.80. The number of halogens is 1. The van der Waals surface area contributed by atoms with Gasteiger partial charge in [0.2, 0.25) is 5.82 Å². The quantitative estimate of drug-likeness (QED) is 0.633. The largest absolute Gasteiger partial charge is 0.480 e. The number of carboxylic acids is 1. The van der Waals surface area contributed by atoms with Gasteiger partial charge in [0.05, 0.1) is 4.92 Å². The second-order valence-electron chi connectivity index (χ2n) is 5.49. The maximum absolute atomic E-state index is 11.7. The third kappa shape index (κ3) is 3.31. The van der Waals surface area contributed by atoms with Crippen molar-refractivity contribution in [1.82, 2.24) is 4.98 Å². The molecule has 1 aliphatic rings. The van der Waals surface area contributed by atoms with Crippen molar-refractivity contribution >= 4 is 33.4 Å². The molecule has 2 N–H and O–H groups in total. The highest BCUT2D eigenvalue weighted by Gasteiger charge is 2.43. The van der Waals surface area contributed by atoms with Gasteiger partial charge in [-0.1, -0.05) is 19.8 Å². The SMILES string of the molecule is CC1CCCC(Nc2ncc(Br)cc2[N+](=O)[O-])(C(=O)O)C1. The van der Waals surface area contributed by atoms with Gasteiger partial charge < -0.3 is 10.4 Å². The molecule has 0 amide bonds. The minimum absolute atomic E-state index is 0.000278. The summed E-state index contributed by atoms with van der Waals surface area (Å²) in [5.74, 6) is -0.746. The first-order valence-corrected chi connectivity index (χ1v) is 7.45. The molecular formula is C13H16BrN3O4. The molecular weight excluding hydrogens is 342 g/mol. The minimum atomic E-state index is -1.19. The average Bonchev–Trinajstić information content (AvgIpc) is 2.40. The summed E-state index contributed by atoms with van der Waals surface area (Å²) in [5.41, 5.74) is -1.42. The average molecular weight is 358 g/mol. The lowest BCUT2D eigenvalue weighted by Gasteiger charge is -2.37. The molecule has 1 heterocycles. The lowest BCUT2D eigenvalue weighted by molar-refractivity contribution is -0.384. The van der Waals surface area contributed by atoms with Gasteiger partial charge in [0.15, 0.2) is 0 Å². The van der Waals surface area contributed by atoms with Crippen molar-refractivity contribution in [2.24, 2.45) is 5.92 Å². The molecule has 0 bridgehead atoms. The van der Waals surface area contributed by atoms with Crippen LogP contribution in [0.4, 0.5) is 11.5 Å². The smallest absolute Gasteiger partial charge is 0.329 e. The van der Waals surface area contributed by atoms with E-state index >= 15 is 0 Å². The summed E-state index contributed by atoms with van der Waals surface area (Å²) in [6, 6.07) is 1.32. The van der Waals surface area contributed by atoms with E-state index in [-0.39, 0.29) is 17.4 Å². The number of hydrogen-bond donors (Lipinski definition) is 2. The van der Waals surface area contributed by atoms with Gasteiger partial charge in [-0.15, -0.1) is 0 Å². The molecule has 0 aliphatic heterocycles. The van der Waals surface area contributed by atoms with Crippen molar-refractivity contribution in [3.63, 3.8) is 0 Å². The highest BCUT2D eigenvalue weighted by atomic mass is 79.9. The van der Waals surface area contributed by atoms with E-state index in [1.54, 1.807) is 0 Å². The van der Waals surface area contributed by atoms with Gasteiger partial charge in [-0.05, 0) is 34.7 Å². The van der Waals surface area contributed by atoms with Crippen LogP contribution in [0, 0.1) is 16.0 Å². The van der Waals surface area contributed by atoms with E-state index in [1.807, 2.05) is 6.92 Å². The number of rotatable bonds is 4. The first-order valence-electron chi connectivity index (χ1n) is 6.65. The molecule has 1 aliphatic carbocycles. The zero-order chi connectivity index (χ0) is 15.6. The molecule has 8 heteroatoms. The van der Waals surface area contributed by atoms with Gasteiger partial charge >= 0.3 is 11.7 Å². The maximum Gasteiger partial charge on any atom is 0.329 e. The molecule has 2 unspecified atom stereocenters. The van der Waals surface area contributed by atoms with E-state index in [0.29, 0.717) is 17.3 Å². The Morgan fingerprint density at radius 1 is 1.67 bits per heavy atom. The summed E-state index contributed by atoms with van der Waals surface area (Å²) in [7, 11) is 0. The second-order valence-corrected chi connectivity index (χ2v) is 6.41. The highest BCUT2D eigenvalue weighted by molar-refractivity contribution is 9.10. The van der Waals surface area contributed by atoms with Gasteiger partial charge in [-0.2, -0.15) is 0 Å². The molecule has 2 rings (SSSR count). The lowest BCUT2D eigenvalue weighted by Crippen LogP contribution is -2.49. The Kier molecular flexibility index (Phi) is 4.46. The molecule has 1 aromatic heterocycles. The van der Waals surface area contributed by atoms with E-state index in [1.165, 1.54) is 12.3 Å². The zero-order valence-corrected chi connectivity index (χ0v) is 13.1. The second kappa shape index (κ2) is 5.97. The summed E-state index contributed by atoms with van der Waals surface area (Å²) >= 11 is 3.13. The number of nitrogens with one attached hydrogen (secondary N) is 1. The van der Waals surface area contributed by atoms with Crippen LogP contribution in [-0.4, -0.2) is 26.5 Å².